The Kier molecular flexibility index (Phi) is 4.52. The summed E-state index contributed by atoms with van der Waals surface area (Å²) in [6, 6.07) is 0.563. The first kappa shape index (κ1) is 12.8. The van der Waals surface area contributed by atoms with Crippen LogP contribution in [0.3, 0.4) is 0 Å². The van der Waals surface area contributed by atoms with Crippen molar-refractivity contribution in [2.45, 2.75) is 31.3 Å². The van der Waals surface area contributed by atoms with E-state index in [2.05, 4.69) is 26.8 Å². The van der Waals surface area contributed by atoms with Gasteiger partial charge in [-0.15, -0.1) is 6.58 Å². The van der Waals surface area contributed by atoms with Gasteiger partial charge < -0.3 is 15.2 Å². The number of imidazole rings is 1. The quantitative estimate of drug-likeness (QED) is 0.580. The molecule has 0 spiro atoms. The molecule has 0 saturated heterocycles. The zero-order valence-electron chi connectivity index (χ0n) is 10.5. The summed E-state index contributed by atoms with van der Waals surface area (Å²) in [5.41, 5.74) is 0. The number of rotatable bonds is 6. The average Bonchev–Trinajstić information content (AvgIpc) is 2.99. The summed E-state index contributed by atoms with van der Waals surface area (Å²) in [5.74, 6) is 0.0499. The fourth-order valence-electron chi connectivity index (χ4n) is 2.48. The van der Waals surface area contributed by atoms with Crippen LogP contribution >= 0.6 is 0 Å². The fraction of sp³-hybridized carbons (Fsp3) is 0.538. The Balaban J connectivity index is 1.84. The van der Waals surface area contributed by atoms with Crippen LogP contribution in [-0.4, -0.2) is 34.6 Å². The van der Waals surface area contributed by atoms with E-state index in [0.717, 1.165) is 19.3 Å². The molecule has 1 aliphatic carbocycles. The summed E-state index contributed by atoms with van der Waals surface area (Å²) in [5, 5.41) is 6.10. The monoisotopic (exact) mass is 248 g/mol. The van der Waals surface area contributed by atoms with Crippen molar-refractivity contribution >= 4 is 5.91 Å². The molecule has 1 fully saturated rings. The van der Waals surface area contributed by atoms with Gasteiger partial charge in [0.15, 0.2) is 0 Å². The molecule has 2 unspecified atom stereocenters. The molecule has 1 aromatic heterocycles. The Morgan fingerprint density at radius 2 is 2.44 bits per heavy atom. The van der Waals surface area contributed by atoms with Crippen LogP contribution in [0, 0.1) is 0 Å². The molecule has 5 heteroatoms. The van der Waals surface area contributed by atoms with E-state index >= 15 is 0 Å². The largest absolute Gasteiger partial charge is 0.350 e. The zero-order chi connectivity index (χ0) is 12.8. The summed E-state index contributed by atoms with van der Waals surface area (Å²) in [4.78, 5) is 15.8. The number of nitrogens with zero attached hydrogens (tertiary/aromatic N) is 2. The maximum Gasteiger partial charge on any atom is 0.234 e. The Bertz CT molecular complexity index is 388. The van der Waals surface area contributed by atoms with Crippen LogP contribution in [-0.2, 0) is 4.79 Å². The number of carbonyl (C=O) groups excluding carboxylic acids is 1. The lowest BCUT2D eigenvalue weighted by Gasteiger charge is -2.22. The van der Waals surface area contributed by atoms with Gasteiger partial charge in [0.2, 0.25) is 5.91 Å². The van der Waals surface area contributed by atoms with E-state index in [4.69, 9.17) is 0 Å². The highest BCUT2D eigenvalue weighted by Crippen LogP contribution is 2.29. The van der Waals surface area contributed by atoms with Gasteiger partial charge in [0.05, 0.1) is 18.9 Å². The van der Waals surface area contributed by atoms with Crippen molar-refractivity contribution in [3.63, 3.8) is 0 Å². The van der Waals surface area contributed by atoms with E-state index in [1.165, 1.54) is 0 Å². The van der Waals surface area contributed by atoms with Gasteiger partial charge in [-0.3, -0.25) is 4.79 Å². The van der Waals surface area contributed by atoms with Gasteiger partial charge in [-0.2, -0.15) is 0 Å². The molecule has 18 heavy (non-hydrogen) atoms. The maximum absolute atomic E-state index is 11.8. The van der Waals surface area contributed by atoms with Crippen molar-refractivity contribution in [2.24, 2.45) is 0 Å². The predicted molar refractivity (Wildman–Crippen MR) is 70.1 cm³/mol. The molecule has 5 nitrogen and oxygen atoms in total. The highest BCUT2D eigenvalue weighted by atomic mass is 16.2. The SMILES string of the molecule is C=CCNCC(=O)NC1CCCC1n1ccnc1. The summed E-state index contributed by atoms with van der Waals surface area (Å²) in [6.45, 7) is 4.60. The van der Waals surface area contributed by atoms with E-state index in [9.17, 15) is 4.79 Å². The number of amides is 1. The van der Waals surface area contributed by atoms with Gasteiger partial charge in [0, 0.05) is 25.0 Å². The lowest BCUT2D eigenvalue weighted by Crippen LogP contribution is -2.42. The lowest BCUT2D eigenvalue weighted by atomic mass is 10.1. The molecule has 2 rings (SSSR count). The van der Waals surface area contributed by atoms with Crippen molar-refractivity contribution in [2.75, 3.05) is 13.1 Å². The normalized spacial score (nSPS) is 22.9. The van der Waals surface area contributed by atoms with Crippen molar-refractivity contribution in [1.82, 2.24) is 20.2 Å². The zero-order valence-corrected chi connectivity index (χ0v) is 10.5. The van der Waals surface area contributed by atoms with Crippen LogP contribution in [0.15, 0.2) is 31.4 Å². The molecule has 0 aliphatic heterocycles. The molecule has 2 atom stereocenters. The van der Waals surface area contributed by atoms with Crippen LogP contribution in [0.25, 0.3) is 0 Å². The first-order valence-electron chi connectivity index (χ1n) is 6.39. The predicted octanol–water partition coefficient (Wildman–Crippen LogP) is 0.868. The summed E-state index contributed by atoms with van der Waals surface area (Å²) < 4.78 is 2.09. The molecule has 2 N–H and O–H groups in total. The molecular formula is C13H20N4O. The molecule has 1 aliphatic rings. The standard InChI is InChI=1S/C13H20N4O/c1-2-6-14-9-13(18)16-11-4-3-5-12(11)17-8-7-15-10-17/h2,7-8,10-12,14H,1,3-6,9H2,(H,16,18). The minimum absolute atomic E-state index is 0.0499. The molecule has 0 bridgehead atoms. The summed E-state index contributed by atoms with van der Waals surface area (Å²) in [6.07, 6.45) is 10.6. The minimum atomic E-state index is 0.0499. The average molecular weight is 248 g/mol. The number of carbonyl (C=O) groups is 1. The van der Waals surface area contributed by atoms with Crippen LogP contribution < -0.4 is 10.6 Å². The van der Waals surface area contributed by atoms with Gasteiger partial charge >= 0.3 is 0 Å². The van der Waals surface area contributed by atoms with Crippen molar-refractivity contribution in [3.8, 4) is 0 Å². The molecule has 1 heterocycles. The highest BCUT2D eigenvalue weighted by molar-refractivity contribution is 5.78. The van der Waals surface area contributed by atoms with Gasteiger partial charge in [-0.25, -0.2) is 4.98 Å². The first-order chi connectivity index (χ1) is 8.81. The van der Waals surface area contributed by atoms with Gasteiger partial charge in [0.25, 0.3) is 0 Å². The number of aromatic nitrogens is 2. The number of nitrogens with one attached hydrogen (secondary N) is 2. The van der Waals surface area contributed by atoms with Gasteiger partial charge in [-0.05, 0) is 19.3 Å². The number of hydrogen-bond donors (Lipinski definition) is 2. The molecule has 0 radical (unpaired) electrons. The summed E-state index contributed by atoms with van der Waals surface area (Å²) in [7, 11) is 0. The van der Waals surface area contributed by atoms with Gasteiger partial charge in [0.1, 0.15) is 0 Å². The number of hydrogen-bond acceptors (Lipinski definition) is 3. The molecule has 0 aromatic carbocycles. The smallest absolute Gasteiger partial charge is 0.234 e. The van der Waals surface area contributed by atoms with E-state index < -0.39 is 0 Å². The second-order valence-corrected chi connectivity index (χ2v) is 4.60. The Labute approximate surface area is 107 Å². The highest BCUT2D eigenvalue weighted by Gasteiger charge is 2.29. The van der Waals surface area contributed by atoms with E-state index in [-0.39, 0.29) is 11.9 Å². The topological polar surface area (TPSA) is 59.0 Å². The van der Waals surface area contributed by atoms with E-state index in [1.54, 1.807) is 12.3 Å². The Hall–Kier alpha value is -1.62. The van der Waals surface area contributed by atoms with E-state index in [0.29, 0.717) is 19.1 Å². The third-order valence-corrected chi connectivity index (χ3v) is 3.31. The van der Waals surface area contributed by atoms with Crippen molar-refractivity contribution in [3.05, 3.63) is 31.4 Å². The second kappa shape index (κ2) is 6.35. The molecule has 1 saturated carbocycles. The second-order valence-electron chi connectivity index (χ2n) is 4.60. The van der Waals surface area contributed by atoms with Crippen LogP contribution in [0.4, 0.5) is 0 Å². The lowest BCUT2D eigenvalue weighted by molar-refractivity contribution is -0.121. The maximum atomic E-state index is 11.8. The van der Waals surface area contributed by atoms with Crippen LogP contribution in [0.2, 0.25) is 0 Å². The molecule has 98 valence electrons. The van der Waals surface area contributed by atoms with Crippen molar-refractivity contribution in [1.29, 1.82) is 0 Å². The fourth-order valence-corrected chi connectivity index (χ4v) is 2.48. The van der Waals surface area contributed by atoms with E-state index in [1.807, 2.05) is 12.5 Å². The van der Waals surface area contributed by atoms with Crippen LogP contribution in [0.1, 0.15) is 25.3 Å². The minimum Gasteiger partial charge on any atom is -0.350 e. The third-order valence-electron chi connectivity index (χ3n) is 3.31. The van der Waals surface area contributed by atoms with Gasteiger partial charge in [-0.1, -0.05) is 6.08 Å². The Morgan fingerprint density at radius 3 is 3.17 bits per heavy atom. The Morgan fingerprint density at radius 1 is 1.56 bits per heavy atom. The molecular weight excluding hydrogens is 228 g/mol. The molecule has 1 aromatic rings. The molecule has 1 amide bonds. The van der Waals surface area contributed by atoms with Crippen molar-refractivity contribution < 1.29 is 4.79 Å². The third kappa shape index (κ3) is 3.20. The summed E-state index contributed by atoms with van der Waals surface area (Å²) >= 11 is 0. The first-order valence-corrected chi connectivity index (χ1v) is 6.39. The van der Waals surface area contributed by atoms with Crippen LogP contribution in [0.5, 0.6) is 0 Å².